The van der Waals surface area contributed by atoms with Gasteiger partial charge in [-0.25, -0.2) is 4.79 Å². The Morgan fingerprint density at radius 1 is 1.26 bits per heavy atom. The minimum absolute atomic E-state index is 0.0253. The third kappa shape index (κ3) is 5.29. The number of carbonyl (C=O) groups excluding carboxylic acids is 2. The zero-order valence-electron chi connectivity index (χ0n) is 11.3. The van der Waals surface area contributed by atoms with Crippen LogP contribution in [0.4, 0.5) is 10.5 Å². The number of anilines is 1. The molecule has 1 rings (SSSR count). The van der Waals surface area contributed by atoms with Gasteiger partial charge in [0, 0.05) is 6.04 Å². The Balaban J connectivity index is 2.45. The van der Waals surface area contributed by atoms with Crippen molar-refractivity contribution in [3.8, 4) is 5.75 Å². The number of amides is 3. The van der Waals surface area contributed by atoms with E-state index in [4.69, 9.17) is 4.74 Å². The zero-order chi connectivity index (χ0) is 14.3. The van der Waals surface area contributed by atoms with E-state index in [-0.39, 0.29) is 24.5 Å². The molecular formula is C13H19N3O3. The van der Waals surface area contributed by atoms with Crippen molar-refractivity contribution in [1.29, 1.82) is 0 Å². The van der Waals surface area contributed by atoms with Gasteiger partial charge in [-0.15, -0.1) is 0 Å². The van der Waals surface area contributed by atoms with Crippen molar-refractivity contribution < 1.29 is 14.3 Å². The summed E-state index contributed by atoms with van der Waals surface area (Å²) < 4.78 is 5.11. The number of hydrogen-bond donors (Lipinski definition) is 3. The van der Waals surface area contributed by atoms with Crippen molar-refractivity contribution in [2.45, 2.75) is 19.9 Å². The lowest BCUT2D eigenvalue weighted by molar-refractivity contribution is -0.115. The number of para-hydroxylation sites is 2. The van der Waals surface area contributed by atoms with Gasteiger partial charge in [-0.1, -0.05) is 12.1 Å². The fraction of sp³-hybridized carbons (Fsp3) is 0.385. The molecule has 0 fully saturated rings. The van der Waals surface area contributed by atoms with Crippen LogP contribution in [0, 0.1) is 0 Å². The number of ether oxygens (including phenoxy) is 1. The Bertz CT molecular complexity index is 447. The van der Waals surface area contributed by atoms with Gasteiger partial charge in [0.15, 0.2) is 0 Å². The van der Waals surface area contributed by atoms with Crippen molar-refractivity contribution in [2.75, 3.05) is 19.0 Å². The summed E-state index contributed by atoms with van der Waals surface area (Å²) >= 11 is 0. The molecule has 0 radical (unpaired) electrons. The van der Waals surface area contributed by atoms with E-state index in [0.29, 0.717) is 11.4 Å². The standard InChI is InChI=1S/C13H19N3O3/c1-9(2)15-13(18)14-8-12(17)16-10-6-4-5-7-11(10)19-3/h4-7,9H,8H2,1-3H3,(H,16,17)(H2,14,15,18). The number of methoxy groups -OCH3 is 1. The molecule has 0 heterocycles. The Hall–Kier alpha value is -2.24. The summed E-state index contributed by atoms with van der Waals surface area (Å²) in [6.07, 6.45) is 0. The molecule has 0 aliphatic rings. The molecule has 0 saturated heterocycles. The first-order chi connectivity index (χ1) is 9.02. The average molecular weight is 265 g/mol. The Morgan fingerprint density at radius 3 is 2.58 bits per heavy atom. The van der Waals surface area contributed by atoms with E-state index < -0.39 is 0 Å². The number of carbonyl (C=O) groups is 2. The van der Waals surface area contributed by atoms with E-state index >= 15 is 0 Å². The monoisotopic (exact) mass is 265 g/mol. The first kappa shape index (κ1) is 14.8. The predicted octanol–water partition coefficient (Wildman–Crippen LogP) is 1.34. The Labute approximate surface area is 112 Å². The molecule has 19 heavy (non-hydrogen) atoms. The van der Waals surface area contributed by atoms with Crippen LogP contribution in [0.2, 0.25) is 0 Å². The molecule has 6 nitrogen and oxygen atoms in total. The maximum absolute atomic E-state index is 11.7. The molecule has 0 bridgehead atoms. The van der Waals surface area contributed by atoms with Crippen LogP contribution < -0.4 is 20.7 Å². The van der Waals surface area contributed by atoms with Crippen molar-refractivity contribution in [3.05, 3.63) is 24.3 Å². The molecule has 0 spiro atoms. The maximum atomic E-state index is 11.7. The maximum Gasteiger partial charge on any atom is 0.315 e. The second-order valence-electron chi connectivity index (χ2n) is 4.23. The van der Waals surface area contributed by atoms with E-state index in [1.807, 2.05) is 19.9 Å². The minimum Gasteiger partial charge on any atom is -0.495 e. The van der Waals surface area contributed by atoms with Crippen LogP contribution in [0.1, 0.15) is 13.8 Å². The summed E-state index contributed by atoms with van der Waals surface area (Å²) in [5.74, 6) is 0.255. The molecule has 3 N–H and O–H groups in total. The average Bonchev–Trinajstić information content (AvgIpc) is 2.36. The molecular weight excluding hydrogens is 246 g/mol. The van der Waals surface area contributed by atoms with Crippen molar-refractivity contribution >= 4 is 17.6 Å². The fourth-order valence-corrected chi connectivity index (χ4v) is 1.42. The molecule has 1 aromatic carbocycles. The predicted molar refractivity (Wildman–Crippen MR) is 73.3 cm³/mol. The van der Waals surface area contributed by atoms with Gasteiger partial charge in [-0.2, -0.15) is 0 Å². The minimum atomic E-state index is -0.370. The summed E-state index contributed by atoms with van der Waals surface area (Å²) in [5, 5.41) is 7.76. The van der Waals surface area contributed by atoms with Gasteiger partial charge in [-0.3, -0.25) is 4.79 Å². The van der Waals surface area contributed by atoms with Gasteiger partial charge in [0.1, 0.15) is 5.75 Å². The van der Waals surface area contributed by atoms with E-state index in [0.717, 1.165) is 0 Å². The van der Waals surface area contributed by atoms with Crippen LogP contribution in [0.15, 0.2) is 24.3 Å². The highest BCUT2D eigenvalue weighted by Crippen LogP contribution is 2.22. The van der Waals surface area contributed by atoms with Gasteiger partial charge in [0.05, 0.1) is 19.3 Å². The lowest BCUT2D eigenvalue weighted by Gasteiger charge is -2.11. The SMILES string of the molecule is COc1ccccc1NC(=O)CNC(=O)NC(C)C. The largest absolute Gasteiger partial charge is 0.495 e. The number of hydrogen-bond acceptors (Lipinski definition) is 3. The highest BCUT2D eigenvalue weighted by atomic mass is 16.5. The summed E-state index contributed by atoms with van der Waals surface area (Å²) in [6, 6.07) is 6.72. The number of urea groups is 1. The number of rotatable bonds is 5. The quantitative estimate of drug-likeness (QED) is 0.751. The summed E-state index contributed by atoms with van der Waals surface area (Å²) in [7, 11) is 1.53. The molecule has 6 heteroatoms. The molecule has 0 atom stereocenters. The number of nitrogens with one attached hydrogen (secondary N) is 3. The van der Waals surface area contributed by atoms with Crippen LogP contribution in [-0.4, -0.2) is 31.6 Å². The Kier molecular flexibility index (Phi) is 5.66. The van der Waals surface area contributed by atoms with Crippen LogP contribution in [0.25, 0.3) is 0 Å². The molecule has 104 valence electrons. The molecule has 0 aromatic heterocycles. The molecule has 0 aliphatic carbocycles. The van der Waals surface area contributed by atoms with Crippen LogP contribution >= 0.6 is 0 Å². The first-order valence-corrected chi connectivity index (χ1v) is 6.00. The topological polar surface area (TPSA) is 79.5 Å². The van der Waals surface area contributed by atoms with Gasteiger partial charge in [-0.05, 0) is 26.0 Å². The van der Waals surface area contributed by atoms with E-state index in [1.54, 1.807) is 18.2 Å². The highest BCUT2D eigenvalue weighted by Gasteiger charge is 2.08. The smallest absolute Gasteiger partial charge is 0.315 e. The van der Waals surface area contributed by atoms with Crippen molar-refractivity contribution in [1.82, 2.24) is 10.6 Å². The van der Waals surface area contributed by atoms with Gasteiger partial charge in [0.2, 0.25) is 5.91 Å². The van der Waals surface area contributed by atoms with Crippen molar-refractivity contribution in [3.63, 3.8) is 0 Å². The van der Waals surface area contributed by atoms with E-state index in [1.165, 1.54) is 7.11 Å². The van der Waals surface area contributed by atoms with Crippen LogP contribution in [0.3, 0.4) is 0 Å². The van der Waals surface area contributed by atoms with Crippen LogP contribution in [0.5, 0.6) is 5.75 Å². The van der Waals surface area contributed by atoms with Crippen LogP contribution in [-0.2, 0) is 4.79 Å². The summed E-state index contributed by atoms with van der Waals surface area (Å²) in [6.45, 7) is 3.58. The lowest BCUT2D eigenvalue weighted by Crippen LogP contribution is -2.42. The van der Waals surface area contributed by atoms with Gasteiger partial charge in [0.25, 0.3) is 0 Å². The fourth-order valence-electron chi connectivity index (χ4n) is 1.42. The van der Waals surface area contributed by atoms with Crippen molar-refractivity contribution in [2.24, 2.45) is 0 Å². The summed E-state index contributed by atoms with van der Waals surface area (Å²) in [4.78, 5) is 23.0. The second kappa shape index (κ2) is 7.25. The normalized spacial score (nSPS) is 9.89. The zero-order valence-corrected chi connectivity index (χ0v) is 11.3. The molecule has 0 saturated carbocycles. The van der Waals surface area contributed by atoms with E-state index in [2.05, 4.69) is 16.0 Å². The summed E-state index contributed by atoms with van der Waals surface area (Å²) in [5.41, 5.74) is 0.570. The first-order valence-electron chi connectivity index (χ1n) is 6.00. The van der Waals surface area contributed by atoms with Gasteiger partial charge < -0.3 is 20.7 Å². The molecule has 0 unspecified atom stereocenters. The lowest BCUT2D eigenvalue weighted by atomic mass is 10.3. The van der Waals surface area contributed by atoms with Gasteiger partial charge >= 0.3 is 6.03 Å². The second-order valence-corrected chi connectivity index (χ2v) is 4.23. The molecule has 3 amide bonds. The van der Waals surface area contributed by atoms with E-state index in [9.17, 15) is 9.59 Å². The highest BCUT2D eigenvalue weighted by molar-refractivity contribution is 5.95. The molecule has 1 aromatic rings. The Morgan fingerprint density at radius 2 is 1.95 bits per heavy atom. The molecule has 0 aliphatic heterocycles. The number of benzene rings is 1. The third-order valence-electron chi connectivity index (χ3n) is 2.21. The third-order valence-corrected chi connectivity index (χ3v) is 2.21.